The molecule has 0 saturated heterocycles. The van der Waals surface area contributed by atoms with E-state index in [1.54, 1.807) is 0 Å². The highest BCUT2D eigenvalue weighted by Gasteiger charge is 2.34. The van der Waals surface area contributed by atoms with E-state index in [-0.39, 0.29) is 12.6 Å². The smallest absolute Gasteiger partial charge is 0.323 e. The summed E-state index contributed by atoms with van der Waals surface area (Å²) in [5.41, 5.74) is -0.488. The lowest BCUT2D eigenvalue weighted by Crippen LogP contribution is -2.52. The summed E-state index contributed by atoms with van der Waals surface area (Å²) in [6.45, 7) is 8.01. The van der Waals surface area contributed by atoms with Crippen LogP contribution < -0.4 is 5.32 Å². The maximum atomic E-state index is 11.9. The van der Waals surface area contributed by atoms with Crippen molar-refractivity contribution in [3.63, 3.8) is 0 Å². The monoisotopic (exact) mass is 242 g/mol. The number of carbonyl (C=O) groups excluding carboxylic acids is 1. The summed E-state index contributed by atoms with van der Waals surface area (Å²) in [6.07, 6.45) is 1.15. The highest BCUT2D eigenvalue weighted by molar-refractivity contribution is 5.80. The van der Waals surface area contributed by atoms with E-state index in [4.69, 9.17) is 5.11 Å². The minimum absolute atomic E-state index is 0.268. The largest absolute Gasteiger partial charge is 0.480 e. The Bertz CT molecular complexity index is 309. The zero-order valence-electron chi connectivity index (χ0n) is 11.0. The molecule has 2 amide bonds. The van der Waals surface area contributed by atoms with Gasteiger partial charge in [0.1, 0.15) is 6.54 Å². The first kappa shape index (κ1) is 13.8. The molecule has 98 valence electrons. The molecule has 0 aromatic heterocycles. The van der Waals surface area contributed by atoms with Crippen molar-refractivity contribution < 1.29 is 14.7 Å². The normalized spacial score (nSPS) is 23.1. The Morgan fingerprint density at radius 3 is 2.29 bits per heavy atom. The number of carbonyl (C=O) groups is 2. The number of urea groups is 1. The zero-order valence-corrected chi connectivity index (χ0v) is 11.0. The number of carboxylic acids is 1. The van der Waals surface area contributed by atoms with Crippen LogP contribution in [0.4, 0.5) is 4.79 Å². The second-order valence-corrected chi connectivity index (χ2v) is 5.81. The SMILES string of the molecule is CC1CC1CNC(=O)N(CC(=O)O)C(C)(C)C. The number of hydrogen-bond acceptors (Lipinski definition) is 2. The number of aliphatic carboxylic acids is 1. The van der Waals surface area contributed by atoms with E-state index >= 15 is 0 Å². The maximum Gasteiger partial charge on any atom is 0.323 e. The zero-order chi connectivity index (χ0) is 13.2. The molecule has 2 N–H and O–H groups in total. The Kier molecular flexibility index (Phi) is 4.01. The van der Waals surface area contributed by atoms with Crippen molar-refractivity contribution in [2.75, 3.05) is 13.1 Å². The molecule has 2 unspecified atom stereocenters. The lowest BCUT2D eigenvalue weighted by Gasteiger charge is -2.34. The van der Waals surface area contributed by atoms with Crippen molar-refractivity contribution in [1.82, 2.24) is 10.2 Å². The standard InChI is InChI=1S/C12H22N2O3/c1-8-5-9(8)6-13-11(17)14(7-10(15)16)12(2,3)4/h8-9H,5-7H2,1-4H3,(H,13,17)(H,15,16). The molecule has 2 atom stereocenters. The van der Waals surface area contributed by atoms with Gasteiger partial charge in [0.05, 0.1) is 0 Å². The highest BCUT2D eigenvalue weighted by Crippen LogP contribution is 2.36. The van der Waals surface area contributed by atoms with Gasteiger partial charge in [0.15, 0.2) is 0 Å². The minimum atomic E-state index is -0.991. The van der Waals surface area contributed by atoms with Crippen molar-refractivity contribution in [1.29, 1.82) is 0 Å². The summed E-state index contributed by atoms with van der Waals surface area (Å²) >= 11 is 0. The molecular formula is C12H22N2O3. The average Bonchev–Trinajstić information content (AvgIpc) is 2.85. The molecule has 5 nitrogen and oxygen atoms in total. The van der Waals surface area contributed by atoms with Crippen LogP contribution in [0.3, 0.4) is 0 Å². The third-order valence-electron chi connectivity index (χ3n) is 3.14. The predicted molar refractivity (Wildman–Crippen MR) is 64.8 cm³/mol. The average molecular weight is 242 g/mol. The molecule has 1 rings (SSSR count). The van der Waals surface area contributed by atoms with Gasteiger partial charge in [-0.25, -0.2) is 4.79 Å². The van der Waals surface area contributed by atoms with Crippen LogP contribution in [0.2, 0.25) is 0 Å². The van der Waals surface area contributed by atoms with E-state index < -0.39 is 11.5 Å². The third kappa shape index (κ3) is 4.24. The topological polar surface area (TPSA) is 69.6 Å². The van der Waals surface area contributed by atoms with Crippen LogP contribution in [-0.2, 0) is 4.79 Å². The molecule has 1 saturated carbocycles. The molecule has 5 heteroatoms. The third-order valence-corrected chi connectivity index (χ3v) is 3.14. The molecular weight excluding hydrogens is 220 g/mol. The van der Waals surface area contributed by atoms with E-state index in [2.05, 4.69) is 12.2 Å². The van der Waals surface area contributed by atoms with E-state index in [0.717, 1.165) is 6.42 Å². The Morgan fingerprint density at radius 2 is 1.94 bits per heavy atom. The fourth-order valence-electron chi connectivity index (χ4n) is 1.75. The van der Waals surface area contributed by atoms with E-state index in [9.17, 15) is 9.59 Å². The predicted octanol–water partition coefficient (Wildman–Crippen LogP) is 1.54. The van der Waals surface area contributed by atoms with Crippen molar-refractivity contribution in [3.8, 4) is 0 Å². The van der Waals surface area contributed by atoms with Gasteiger partial charge >= 0.3 is 12.0 Å². The first-order valence-corrected chi connectivity index (χ1v) is 5.99. The molecule has 0 aromatic rings. The van der Waals surface area contributed by atoms with Gasteiger partial charge in [-0.1, -0.05) is 6.92 Å². The summed E-state index contributed by atoms with van der Waals surface area (Å²) in [6, 6.07) is -0.293. The van der Waals surface area contributed by atoms with Crippen molar-refractivity contribution >= 4 is 12.0 Å². The molecule has 0 aromatic carbocycles. The summed E-state index contributed by atoms with van der Waals surface area (Å²) in [4.78, 5) is 24.0. The number of nitrogens with one attached hydrogen (secondary N) is 1. The molecule has 0 aliphatic heterocycles. The minimum Gasteiger partial charge on any atom is -0.480 e. The van der Waals surface area contributed by atoms with Crippen LogP contribution in [0.15, 0.2) is 0 Å². The van der Waals surface area contributed by atoms with E-state index in [1.165, 1.54) is 4.90 Å². The van der Waals surface area contributed by atoms with Gasteiger partial charge in [-0.05, 0) is 39.0 Å². The molecule has 1 fully saturated rings. The van der Waals surface area contributed by atoms with Crippen LogP contribution in [-0.4, -0.2) is 40.6 Å². The maximum absolute atomic E-state index is 11.9. The molecule has 0 spiro atoms. The first-order chi connectivity index (χ1) is 7.71. The second kappa shape index (κ2) is 4.94. The quantitative estimate of drug-likeness (QED) is 0.785. The Labute approximate surface area is 102 Å². The van der Waals surface area contributed by atoms with E-state index in [1.807, 2.05) is 20.8 Å². The van der Waals surface area contributed by atoms with Crippen molar-refractivity contribution in [3.05, 3.63) is 0 Å². The summed E-state index contributed by atoms with van der Waals surface area (Å²) < 4.78 is 0. The molecule has 17 heavy (non-hydrogen) atoms. The van der Waals surface area contributed by atoms with Gasteiger partial charge in [-0.15, -0.1) is 0 Å². The van der Waals surface area contributed by atoms with Gasteiger partial charge < -0.3 is 15.3 Å². The van der Waals surface area contributed by atoms with Crippen LogP contribution in [0.25, 0.3) is 0 Å². The van der Waals surface area contributed by atoms with E-state index in [0.29, 0.717) is 18.4 Å². The first-order valence-electron chi connectivity index (χ1n) is 5.99. The van der Waals surface area contributed by atoms with Crippen LogP contribution >= 0.6 is 0 Å². The van der Waals surface area contributed by atoms with Gasteiger partial charge in [0.2, 0.25) is 0 Å². The van der Waals surface area contributed by atoms with Gasteiger partial charge in [-0.3, -0.25) is 4.79 Å². The lowest BCUT2D eigenvalue weighted by atomic mass is 10.1. The Hall–Kier alpha value is -1.26. The van der Waals surface area contributed by atoms with Crippen molar-refractivity contribution in [2.24, 2.45) is 11.8 Å². The van der Waals surface area contributed by atoms with Crippen LogP contribution in [0.1, 0.15) is 34.1 Å². The highest BCUT2D eigenvalue weighted by atomic mass is 16.4. The van der Waals surface area contributed by atoms with Gasteiger partial charge in [-0.2, -0.15) is 0 Å². The molecule has 1 aliphatic rings. The molecule has 0 radical (unpaired) electrons. The summed E-state index contributed by atoms with van der Waals surface area (Å²) in [5, 5.41) is 11.6. The van der Waals surface area contributed by atoms with Gasteiger partial charge in [0.25, 0.3) is 0 Å². The lowest BCUT2D eigenvalue weighted by molar-refractivity contribution is -0.138. The Balaban J connectivity index is 2.50. The molecule has 0 bridgehead atoms. The van der Waals surface area contributed by atoms with Crippen molar-refractivity contribution in [2.45, 2.75) is 39.7 Å². The number of carboxylic acid groups (broad SMARTS) is 1. The number of amides is 2. The Morgan fingerprint density at radius 1 is 1.41 bits per heavy atom. The fraction of sp³-hybridized carbons (Fsp3) is 0.833. The number of rotatable bonds is 4. The fourth-order valence-corrected chi connectivity index (χ4v) is 1.75. The van der Waals surface area contributed by atoms with Gasteiger partial charge in [0, 0.05) is 12.1 Å². The van der Waals surface area contributed by atoms with Crippen LogP contribution in [0.5, 0.6) is 0 Å². The summed E-state index contributed by atoms with van der Waals surface area (Å²) in [7, 11) is 0. The molecule has 0 heterocycles. The number of nitrogens with zero attached hydrogens (tertiary/aromatic N) is 1. The second-order valence-electron chi connectivity index (χ2n) is 5.81. The summed E-state index contributed by atoms with van der Waals surface area (Å²) in [5.74, 6) is 0.248. The van der Waals surface area contributed by atoms with Crippen LogP contribution in [0, 0.1) is 11.8 Å². The molecule has 1 aliphatic carbocycles. The number of hydrogen-bond donors (Lipinski definition) is 2.